The molecular formula is C20H27ClF3N3O2. The molecular weight excluding hydrogens is 407 g/mol. The molecule has 2 rings (SSSR count). The van der Waals surface area contributed by atoms with Crippen molar-refractivity contribution in [1.29, 1.82) is 0 Å². The third-order valence-corrected chi connectivity index (χ3v) is 3.98. The van der Waals surface area contributed by atoms with Crippen molar-refractivity contribution in [2.45, 2.75) is 65.4 Å². The first-order valence-electron chi connectivity index (χ1n) is 9.04. The molecule has 0 fully saturated rings. The zero-order valence-electron chi connectivity index (χ0n) is 17.3. The van der Waals surface area contributed by atoms with Crippen LogP contribution < -0.4 is 5.32 Å². The van der Waals surface area contributed by atoms with Crippen LogP contribution in [0.3, 0.4) is 0 Å². The number of rotatable bonds is 4. The van der Waals surface area contributed by atoms with Gasteiger partial charge in [-0.05, 0) is 47.1 Å². The number of nitrogens with zero attached hydrogens (tertiary/aromatic N) is 2. The molecule has 0 saturated heterocycles. The lowest BCUT2D eigenvalue weighted by molar-refractivity contribution is -0.140. The van der Waals surface area contributed by atoms with Crippen molar-refractivity contribution in [3.05, 3.63) is 41.7 Å². The van der Waals surface area contributed by atoms with Crippen molar-refractivity contribution in [2.75, 3.05) is 0 Å². The number of aromatic nitrogens is 2. The Hall–Kier alpha value is -2.22. The van der Waals surface area contributed by atoms with E-state index < -0.39 is 23.6 Å². The van der Waals surface area contributed by atoms with Crippen LogP contribution in [0.5, 0.6) is 0 Å². The van der Waals surface area contributed by atoms with E-state index in [1.807, 2.05) is 0 Å². The van der Waals surface area contributed by atoms with Gasteiger partial charge in [0.2, 0.25) is 0 Å². The second-order valence-corrected chi connectivity index (χ2v) is 7.94. The smallest absolute Gasteiger partial charge is 0.434 e. The van der Waals surface area contributed by atoms with Crippen molar-refractivity contribution in [3.8, 4) is 11.4 Å². The molecule has 0 spiro atoms. The van der Waals surface area contributed by atoms with Gasteiger partial charge in [0.1, 0.15) is 11.4 Å². The largest absolute Gasteiger partial charge is 0.444 e. The Balaban J connectivity index is 0.00000420. The lowest BCUT2D eigenvalue weighted by Gasteiger charge is -2.22. The lowest BCUT2D eigenvalue weighted by Crippen LogP contribution is -2.34. The highest BCUT2D eigenvalue weighted by Crippen LogP contribution is 2.32. The van der Waals surface area contributed by atoms with Crippen LogP contribution in [0.2, 0.25) is 0 Å². The molecule has 0 aliphatic carbocycles. The highest BCUT2D eigenvalue weighted by atomic mass is 35.5. The van der Waals surface area contributed by atoms with Crippen LogP contribution in [0.15, 0.2) is 30.5 Å². The molecule has 1 heterocycles. The fourth-order valence-corrected chi connectivity index (χ4v) is 2.63. The van der Waals surface area contributed by atoms with Gasteiger partial charge in [0, 0.05) is 17.8 Å². The first kappa shape index (κ1) is 24.8. The summed E-state index contributed by atoms with van der Waals surface area (Å²) in [6.45, 7) is 10.7. The average molecular weight is 434 g/mol. The van der Waals surface area contributed by atoms with Gasteiger partial charge < -0.3 is 14.6 Å². The van der Waals surface area contributed by atoms with Crippen LogP contribution in [0, 0.1) is 0 Å². The van der Waals surface area contributed by atoms with Crippen LogP contribution in [-0.4, -0.2) is 21.2 Å². The van der Waals surface area contributed by atoms with E-state index in [1.54, 1.807) is 65.8 Å². The van der Waals surface area contributed by atoms with Crippen LogP contribution in [0.4, 0.5) is 18.0 Å². The van der Waals surface area contributed by atoms with Crippen molar-refractivity contribution < 1.29 is 22.7 Å². The summed E-state index contributed by atoms with van der Waals surface area (Å²) in [7, 11) is 0. The van der Waals surface area contributed by atoms with Gasteiger partial charge in [0.15, 0.2) is 5.69 Å². The molecule has 0 radical (unpaired) electrons. The monoisotopic (exact) mass is 433 g/mol. The Morgan fingerprint density at radius 2 is 1.66 bits per heavy atom. The molecule has 0 bridgehead atoms. The minimum Gasteiger partial charge on any atom is -0.444 e. The Bertz CT molecular complexity index is 825. The van der Waals surface area contributed by atoms with Crippen molar-refractivity contribution in [1.82, 2.24) is 14.9 Å². The third-order valence-electron chi connectivity index (χ3n) is 3.98. The lowest BCUT2D eigenvalue weighted by atomic mass is 10.1. The molecule has 162 valence electrons. The van der Waals surface area contributed by atoms with Crippen molar-refractivity contribution in [3.63, 3.8) is 0 Å². The molecule has 2 aromatic rings. The Kier molecular flexibility index (Phi) is 7.76. The van der Waals surface area contributed by atoms with E-state index in [9.17, 15) is 18.0 Å². The van der Waals surface area contributed by atoms with Gasteiger partial charge in [0.05, 0.1) is 6.04 Å². The molecule has 29 heavy (non-hydrogen) atoms. The molecule has 5 nitrogen and oxygen atoms in total. The number of alkyl halides is 3. The zero-order chi connectivity index (χ0) is 21.3. The van der Waals surface area contributed by atoms with Gasteiger partial charge in [-0.25, -0.2) is 9.78 Å². The summed E-state index contributed by atoms with van der Waals surface area (Å²) in [6, 6.07) is 6.41. The minimum atomic E-state index is -4.50. The fraction of sp³-hybridized carbons (Fsp3) is 0.500. The van der Waals surface area contributed by atoms with E-state index in [0.717, 1.165) is 11.8 Å². The molecule has 0 aliphatic heterocycles. The first-order chi connectivity index (χ1) is 12.8. The molecule has 1 atom stereocenters. The second-order valence-electron chi connectivity index (χ2n) is 7.94. The van der Waals surface area contributed by atoms with Gasteiger partial charge in [0.25, 0.3) is 0 Å². The first-order valence-corrected chi connectivity index (χ1v) is 9.04. The van der Waals surface area contributed by atoms with E-state index in [1.165, 1.54) is 4.57 Å². The normalized spacial score (nSPS) is 13.0. The van der Waals surface area contributed by atoms with Crippen molar-refractivity contribution >= 4 is 18.5 Å². The maximum atomic E-state index is 13.0. The van der Waals surface area contributed by atoms with Gasteiger partial charge in [-0.3, -0.25) is 0 Å². The number of alkyl carbamates (subject to hydrolysis) is 1. The number of ether oxygens (including phenoxy) is 1. The Morgan fingerprint density at radius 1 is 1.10 bits per heavy atom. The van der Waals surface area contributed by atoms with Crippen LogP contribution >= 0.6 is 12.4 Å². The molecule has 1 N–H and O–H groups in total. The summed E-state index contributed by atoms with van der Waals surface area (Å²) < 4.78 is 45.9. The van der Waals surface area contributed by atoms with Gasteiger partial charge in [-0.2, -0.15) is 13.2 Å². The predicted molar refractivity (Wildman–Crippen MR) is 108 cm³/mol. The number of carbonyl (C=O) groups excluding carboxylic acids is 1. The van der Waals surface area contributed by atoms with E-state index in [0.29, 0.717) is 5.56 Å². The summed E-state index contributed by atoms with van der Waals surface area (Å²) >= 11 is 0. The van der Waals surface area contributed by atoms with E-state index in [2.05, 4.69) is 10.3 Å². The van der Waals surface area contributed by atoms with Gasteiger partial charge >= 0.3 is 12.3 Å². The fourth-order valence-electron chi connectivity index (χ4n) is 2.63. The number of imidazole rings is 1. The summed E-state index contributed by atoms with van der Waals surface area (Å²) in [5, 5.41) is 2.73. The summed E-state index contributed by atoms with van der Waals surface area (Å²) in [6.07, 6.45) is -4.00. The SMILES string of the molecule is CC(C)n1cc(C(F)(F)F)nc1-c1ccc([C@@H](C)NC(=O)OC(C)(C)C)cc1.Cl. The standard InChI is InChI=1S/C20H26F3N3O2.ClH/c1-12(2)26-11-16(20(21,22)23)25-17(26)15-9-7-14(8-10-15)13(3)24-18(27)28-19(4,5)6;/h7-13H,1-6H3,(H,24,27);1H/t13-;/m1./s1. The highest BCUT2D eigenvalue weighted by Gasteiger charge is 2.35. The van der Waals surface area contributed by atoms with Crippen LogP contribution in [-0.2, 0) is 10.9 Å². The average Bonchev–Trinajstić information content (AvgIpc) is 2.98. The molecule has 0 unspecified atom stereocenters. The van der Waals surface area contributed by atoms with E-state index in [4.69, 9.17) is 4.74 Å². The highest BCUT2D eigenvalue weighted by molar-refractivity contribution is 5.85. The minimum absolute atomic E-state index is 0. The molecule has 0 aliphatic rings. The summed E-state index contributed by atoms with van der Waals surface area (Å²) in [5.41, 5.74) is -0.149. The molecule has 0 saturated carbocycles. The molecule has 1 amide bonds. The van der Waals surface area contributed by atoms with Crippen molar-refractivity contribution in [2.24, 2.45) is 0 Å². The van der Waals surface area contributed by atoms with Gasteiger partial charge in [-0.1, -0.05) is 24.3 Å². The Morgan fingerprint density at radius 3 is 2.10 bits per heavy atom. The Labute approximate surface area is 175 Å². The summed E-state index contributed by atoms with van der Waals surface area (Å²) in [4.78, 5) is 15.7. The van der Waals surface area contributed by atoms with Gasteiger partial charge in [-0.15, -0.1) is 12.4 Å². The third kappa shape index (κ3) is 6.66. The topological polar surface area (TPSA) is 56.2 Å². The number of hydrogen-bond donors (Lipinski definition) is 1. The van der Waals surface area contributed by atoms with Crippen LogP contribution in [0.1, 0.15) is 64.9 Å². The van der Waals surface area contributed by atoms with Crippen LogP contribution in [0.25, 0.3) is 11.4 Å². The number of nitrogens with one attached hydrogen (secondary N) is 1. The second kappa shape index (κ2) is 9.07. The maximum absolute atomic E-state index is 13.0. The van der Waals surface area contributed by atoms with E-state index >= 15 is 0 Å². The quantitative estimate of drug-likeness (QED) is 0.628. The maximum Gasteiger partial charge on any atom is 0.434 e. The number of amides is 1. The molecule has 1 aromatic carbocycles. The number of benzene rings is 1. The number of halogens is 4. The zero-order valence-corrected chi connectivity index (χ0v) is 18.1. The number of carbonyl (C=O) groups is 1. The predicted octanol–water partition coefficient (Wildman–Crippen LogP) is 6.16. The number of hydrogen-bond acceptors (Lipinski definition) is 3. The van der Waals surface area contributed by atoms with E-state index in [-0.39, 0.29) is 30.3 Å². The molecule has 9 heteroatoms. The molecule has 1 aromatic heterocycles. The summed E-state index contributed by atoms with van der Waals surface area (Å²) in [5.74, 6) is 0.252.